The van der Waals surface area contributed by atoms with Gasteiger partial charge in [-0.15, -0.1) is 0 Å². The molecule has 0 unspecified atom stereocenters. The molecule has 0 aromatic heterocycles. The standard InChI is InChI=1S/C24H16Cl5P/c25-17-1-9-21(10-2-17)30(29,22-11-3-18(26)4-12-22,23-13-5-19(27)6-14-23)24-15-7-20(28)8-16-24/h1-16H. The van der Waals surface area contributed by atoms with Gasteiger partial charge in [-0.25, -0.2) is 0 Å². The molecule has 4 rings (SSSR count). The van der Waals surface area contributed by atoms with Crippen LogP contribution in [0.25, 0.3) is 0 Å². The molecule has 4 aromatic carbocycles. The van der Waals surface area contributed by atoms with Crippen LogP contribution in [0.4, 0.5) is 0 Å². The molecule has 0 saturated carbocycles. The molecule has 0 bridgehead atoms. The van der Waals surface area contributed by atoms with Crippen LogP contribution < -0.4 is 21.2 Å². The van der Waals surface area contributed by atoms with E-state index in [1.165, 1.54) is 0 Å². The average molecular weight is 513 g/mol. The zero-order valence-electron chi connectivity index (χ0n) is 15.6. The zero-order chi connectivity index (χ0) is 21.4. The number of rotatable bonds is 4. The molecule has 0 fully saturated rings. The van der Waals surface area contributed by atoms with Gasteiger partial charge in [0, 0.05) is 0 Å². The number of hydrogen-bond acceptors (Lipinski definition) is 0. The van der Waals surface area contributed by atoms with Crippen molar-refractivity contribution in [3.05, 3.63) is 117 Å². The molecule has 0 radical (unpaired) electrons. The van der Waals surface area contributed by atoms with Crippen molar-refractivity contribution in [2.75, 3.05) is 0 Å². The molecule has 4 aromatic rings. The first-order chi connectivity index (χ1) is 14.3. The summed E-state index contributed by atoms with van der Waals surface area (Å²) in [4.78, 5) is 0. The quantitative estimate of drug-likeness (QED) is 0.247. The van der Waals surface area contributed by atoms with Gasteiger partial charge in [0.25, 0.3) is 0 Å². The summed E-state index contributed by atoms with van der Waals surface area (Å²) in [6.07, 6.45) is 0. The zero-order valence-corrected chi connectivity index (χ0v) is 20.2. The molecular formula is C24H16Cl5P. The third kappa shape index (κ3) is 3.55. The molecule has 0 aliphatic rings. The van der Waals surface area contributed by atoms with E-state index in [-0.39, 0.29) is 0 Å². The fourth-order valence-electron chi connectivity index (χ4n) is 3.78. The van der Waals surface area contributed by atoms with Gasteiger partial charge >= 0.3 is 202 Å². The third-order valence-corrected chi connectivity index (χ3v) is 13.7. The summed E-state index contributed by atoms with van der Waals surface area (Å²) >= 11 is 33.0. The molecule has 0 heterocycles. The van der Waals surface area contributed by atoms with E-state index in [1.807, 2.05) is 97.1 Å². The Morgan fingerprint density at radius 3 is 0.667 bits per heavy atom. The summed E-state index contributed by atoms with van der Waals surface area (Å²) < 4.78 is 0. The number of benzene rings is 4. The summed E-state index contributed by atoms with van der Waals surface area (Å²) in [5.41, 5.74) is 0. The van der Waals surface area contributed by atoms with E-state index >= 15 is 0 Å². The van der Waals surface area contributed by atoms with Crippen molar-refractivity contribution < 1.29 is 0 Å². The van der Waals surface area contributed by atoms with Gasteiger partial charge in [-0.2, -0.15) is 0 Å². The Labute approximate surface area is 201 Å². The molecule has 0 aliphatic carbocycles. The normalized spacial score (nSPS) is 12.9. The van der Waals surface area contributed by atoms with E-state index in [1.54, 1.807) is 0 Å². The van der Waals surface area contributed by atoms with Gasteiger partial charge in [0.05, 0.1) is 0 Å². The monoisotopic (exact) mass is 510 g/mol. The molecule has 0 atom stereocenters. The SMILES string of the molecule is Clc1ccc(P(Cl)(c2ccc(Cl)cc2)(c2ccc(Cl)cc2)c2ccc(Cl)cc2)cc1. The summed E-state index contributed by atoms with van der Waals surface area (Å²) in [5, 5.41) is 6.40. The minimum absolute atomic E-state index is 0.642. The summed E-state index contributed by atoms with van der Waals surface area (Å²) in [5.74, 6) is -3.68. The van der Waals surface area contributed by atoms with Gasteiger partial charge in [-0.1, -0.05) is 0 Å². The van der Waals surface area contributed by atoms with Crippen LogP contribution in [0.2, 0.25) is 20.1 Å². The van der Waals surface area contributed by atoms with Gasteiger partial charge in [0.1, 0.15) is 0 Å². The number of hydrogen-bond donors (Lipinski definition) is 0. The van der Waals surface area contributed by atoms with Crippen molar-refractivity contribution in [3.63, 3.8) is 0 Å². The Bertz CT molecular complexity index is 975. The molecule has 0 amide bonds. The number of halogens is 5. The predicted molar refractivity (Wildman–Crippen MR) is 137 cm³/mol. The van der Waals surface area contributed by atoms with Gasteiger partial charge in [-0.05, 0) is 0 Å². The fraction of sp³-hybridized carbons (Fsp3) is 0. The first kappa shape index (κ1) is 22.0. The second kappa shape index (κ2) is 8.36. The van der Waals surface area contributed by atoms with Gasteiger partial charge in [-0.3, -0.25) is 0 Å². The maximum atomic E-state index is 8.07. The topological polar surface area (TPSA) is 0 Å². The minimum atomic E-state index is -3.68. The van der Waals surface area contributed by atoms with Crippen LogP contribution in [0.5, 0.6) is 0 Å². The molecule has 0 aliphatic heterocycles. The van der Waals surface area contributed by atoms with Crippen molar-refractivity contribution >= 4 is 84.8 Å². The summed E-state index contributed by atoms with van der Waals surface area (Å²) in [7, 11) is 0. The van der Waals surface area contributed by atoms with Crippen LogP contribution in [0.1, 0.15) is 0 Å². The summed E-state index contributed by atoms with van der Waals surface area (Å²) in [6, 6.07) is 30.8. The third-order valence-electron chi connectivity index (χ3n) is 5.25. The average Bonchev–Trinajstić information content (AvgIpc) is 2.75. The molecule has 152 valence electrons. The molecule has 0 N–H and O–H groups in total. The van der Waals surface area contributed by atoms with Crippen LogP contribution in [-0.2, 0) is 0 Å². The van der Waals surface area contributed by atoms with Gasteiger partial charge in [0.2, 0.25) is 0 Å². The first-order valence-corrected chi connectivity index (χ1v) is 13.8. The van der Waals surface area contributed by atoms with Crippen molar-refractivity contribution in [2.24, 2.45) is 0 Å². The first-order valence-electron chi connectivity index (χ1n) is 9.10. The molecule has 6 heteroatoms. The molecule has 0 saturated heterocycles. The van der Waals surface area contributed by atoms with Gasteiger partial charge < -0.3 is 0 Å². The van der Waals surface area contributed by atoms with Crippen LogP contribution in [0.3, 0.4) is 0 Å². The molecular weight excluding hydrogens is 497 g/mol. The Morgan fingerprint density at radius 1 is 0.333 bits per heavy atom. The van der Waals surface area contributed by atoms with Crippen LogP contribution >= 0.6 is 63.6 Å². The van der Waals surface area contributed by atoms with E-state index in [2.05, 4.69) is 0 Å². The Morgan fingerprint density at radius 2 is 0.500 bits per heavy atom. The molecule has 0 nitrogen and oxygen atoms in total. The van der Waals surface area contributed by atoms with Crippen LogP contribution in [0.15, 0.2) is 97.1 Å². The molecule has 0 spiro atoms. The van der Waals surface area contributed by atoms with Crippen molar-refractivity contribution in [1.29, 1.82) is 0 Å². The predicted octanol–water partition coefficient (Wildman–Crippen LogP) is 7.61. The Balaban J connectivity index is 2.20. The van der Waals surface area contributed by atoms with Gasteiger partial charge in [0.15, 0.2) is 0 Å². The van der Waals surface area contributed by atoms with E-state index in [9.17, 15) is 0 Å². The van der Waals surface area contributed by atoms with Crippen LogP contribution in [0, 0.1) is 0 Å². The maximum absolute atomic E-state index is 8.07. The second-order valence-corrected chi connectivity index (χ2v) is 14.8. The fourth-order valence-corrected chi connectivity index (χ4v) is 10.3. The second-order valence-electron chi connectivity index (χ2n) is 6.91. The van der Waals surface area contributed by atoms with E-state index in [4.69, 9.17) is 57.6 Å². The molecule has 30 heavy (non-hydrogen) atoms. The van der Waals surface area contributed by atoms with Crippen molar-refractivity contribution in [3.8, 4) is 0 Å². The van der Waals surface area contributed by atoms with E-state index in [0.29, 0.717) is 20.1 Å². The Kier molecular flexibility index (Phi) is 6.12. The Hall–Kier alpha value is -1.24. The van der Waals surface area contributed by atoms with E-state index < -0.39 is 5.96 Å². The summed E-state index contributed by atoms with van der Waals surface area (Å²) in [6.45, 7) is 0. The van der Waals surface area contributed by atoms with Crippen molar-refractivity contribution in [2.45, 2.75) is 0 Å². The van der Waals surface area contributed by atoms with E-state index in [0.717, 1.165) is 21.2 Å². The van der Waals surface area contributed by atoms with Crippen LogP contribution in [-0.4, -0.2) is 0 Å². The van der Waals surface area contributed by atoms with Crippen molar-refractivity contribution in [1.82, 2.24) is 0 Å².